The smallest absolute Gasteiger partial charge is 0.178 e. The fourth-order valence-corrected chi connectivity index (χ4v) is 3.01. The van der Waals surface area contributed by atoms with Crippen LogP contribution in [0.2, 0.25) is 0 Å². The summed E-state index contributed by atoms with van der Waals surface area (Å²) in [6.45, 7) is 3.88. The lowest BCUT2D eigenvalue weighted by Crippen LogP contribution is -2.06. The second kappa shape index (κ2) is 5.48. The largest absolute Gasteiger partial charge is 0.469 e. The van der Waals surface area contributed by atoms with Crippen molar-refractivity contribution < 1.29 is 8.81 Å². The molecular formula is C16H17FN2OS. The predicted molar refractivity (Wildman–Crippen MR) is 83.6 cm³/mol. The Labute approximate surface area is 127 Å². The number of aromatic amines is 1. The van der Waals surface area contributed by atoms with E-state index in [1.807, 2.05) is 18.2 Å². The third kappa shape index (κ3) is 2.65. The molecule has 1 unspecified atom stereocenters. The van der Waals surface area contributed by atoms with Crippen LogP contribution in [-0.4, -0.2) is 9.55 Å². The normalized spacial score (nSPS) is 12.9. The Bertz CT molecular complexity index is 817. The first kappa shape index (κ1) is 14.1. The number of hydrogen-bond acceptors (Lipinski definition) is 2. The van der Waals surface area contributed by atoms with Crippen molar-refractivity contribution in [2.45, 2.75) is 32.7 Å². The number of aromatic nitrogens is 2. The highest BCUT2D eigenvalue weighted by Crippen LogP contribution is 2.24. The van der Waals surface area contributed by atoms with E-state index in [1.165, 1.54) is 6.07 Å². The second-order valence-corrected chi connectivity index (χ2v) is 5.77. The molecular weight excluding hydrogens is 287 g/mol. The highest BCUT2D eigenvalue weighted by molar-refractivity contribution is 7.71. The van der Waals surface area contributed by atoms with Gasteiger partial charge in [0, 0.05) is 12.5 Å². The fraction of sp³-hybridized carbons (Fsp3) is 0.312. The summed E-state index contributed by atoms with van der Waals surface area (Å²) in [6, 6.07) is 7.43. The quantitative estimate of drug-likeness (QED) is 0.693. The lowest BCUT2D eigenvalue weighted by atomic mass is 10.1. The number of furan rings is 1. The van der Waals surface area contributed by atoms with Crippen molar-refractivity contribution in [3.05, 3.63) is 52.4 Å². The lowest BCUT2D eigenvalue weighted by molar-refractivity contribution is 0.455. The van der Waals surface area contributed by atoms with Crippen molar-refractivity contribution in [2.75, 3.05) is 0 Å². The Morgan fingerprint density at radius 3 is 2.95 bits per heavy atom. The zero-order valence-corrected chi connectivity index (χ0v) is 12.8. The maximum atomic E-state index is 13.6. The molecule has 1 N–H and O–H groups in total. The standard InChI is InChI=1S/C16H17FN2OS/c1-10-8-15-14(9-13(10)17)18-16(21)19(15)11(2)5-6-12-4-3-7-20-12/h3-4,7-9,11H,5-6H2,1-2H3,(H,18,21). The number of imidazole rings is 1. The predicted octanol–water partition coefficient (Wildman–Crippen LogP) is 4.93. The van der Waals surface area contributed by atoms with E-state index >= 15 is 0 Å². The van der Waals surface area contributed by atoms with Crippen molar-refractivity contribution >= 4 is 23.3 Å². The van der Waals surface area contributed by atoms with Gasteiger partial charge in [-0.1, -0.05) is 0 Å². The molecule has 0 aliphatic rings. The Morgan fingerprint density at radius 2 is 2.24 bits per heavy atom. The van der Waals surface area contributed by atoms with Crippen LogP contribution in [0.3, 0.4) is 0 Å². The summed E-state index contributed by atoms with van der Waals surface area (Å²) in [5.41, 5.74) is 2.32. The Balaban J connectivity index is 1.93. The molecule has 0 saturated carbocycles. The van der Waals surface area contributed by atoms with Crippen LogP contribution < -0.4 is 0 Å². The van der Waals surface area contributed by atoms with Crippen molar-refractivity contribution in [3.8, 4) is 0 Å². The highest BCUT2D eigenvalue weighted by Gasteiger charge is 2.13. The van der Waals surface area contributed by atoms with Gasteiger partial charge in [0.15, 0.2) is 4.77 Å². The summed E-state index contributed by atoms with van der Waals surface area (Å²) in [4.78, 5) is 3.08. The van der Waals surface area contributed by atoms with Gasteiger partial charge in [-0.05, 0) is 62.3 Å². The molecule has 0 saturated heterocycles. The van der Waals surface area contributed by atoms with Crippen LogP contribution in [0.1, 0.15) is 30.7 Å². The zero-order chi connectivity index (χ0) is 15.0. The monoisotopic (exact) mass is 304 g/mol. The van der Waals surface area contributed by atoms with Gasteiger partial charge in [0.05, 0.1) is 17.3 Å². The number of hydrogen-bond donors (Lipinski definition) is 1. The third-order valence-corrected chi connectivity index (χ3v) is 4.13. The van der Waals surface area contributed by atoms with E-state index in [0.29, 0.717) is 10.3 Å². The van der Waals surface area contributed by atoms with E-state index in [9.17, 15) is 4.39 Å². The lowest BCUT2D eigenvalue weighted by Gasteiger charge is -2.14. The molecule has 1 atom stereocenters. The number of fused-ring (bicyclic) bond motifs is 1. The first-order valence-corrected chi connectivity index (χ1v) is 7.40. The number of aryl methyl sites for hydroxylation is 2. The molecule has 2 heterocycles. The number of rotatable bonds is 4. The molecule has 21 heavy (non-hydrogen) atoms. The molecule has 5 heteroatoms. The second-order valence-electron chi connectivity index (χ2n) is 5.39. The molecule has 3 rings (SSSR count). The van der Waals surface area contributed by atoms with Gasteiger partial charge in [0.1, 0.15) is 11.6 Å². The molecule has 0 spiro atoms. The third-order valence-electron chi connectivity index (χ3n) is 3.83. The van der Waals surface area contributed by atoms with E-state index in [2.05, 4.69) is 16.5 Å². The van der Waals surface area contributed by atoms with Crippen molar-refractivity contribution in [1.29, 1.82) is 0 Å². The molecule has 3 nitrogen and oxygen atoms in total. The van der Waals surface area contributed by atoms with Crippen molar-refractivity contribution in [2.24, 2.45) is 0 Å². The minimum atomic E-state index is -0.214. The summed E-state index contributed by atoms with van der Waals surface area (Å²) >= 11 is 5.39. The Kier molecular flexibility index (Phi) is 3.68. The van der Waals surface area contributed by atoms with Crippen LogP contribution >= 0.6 is 12.2 Å². The maximum absolute atomic E-state index is 13.6. The minimum absolute atomic E-state index is 0.209. The van der Waals surface area contributed by atoms with Crippen molar-refractivity contribution in [3.63, 3.8) is 0 Å². The molecule has 1 aromatic carbocycles. The van der Waals surface area contributed by atoms with Crippen LogP contribution in [0.15, 0.2) is 34.9 Å². The van der Waals surface area contributed by atoms with Gasteiger partial charge in [-0.2, -0.15) is 0 Å². The molecule has 0 radical (unpaired) electrons. The van der Waals surface area contributed by atoms with E-state index in [0.717, 1.165) is 29.6 Å². The number of benzene rings is 1. The summed E-state index contributed by atoms with van der Waals surface area (Å²) < 4.78 is 21.7. The van der Waals surface area contributed by atoms with Gasteiger partial charge in [-0.25, -0.2) is 4.39 Å². The van der Waals surface area contributed by atoms with Crippen LogP contribution in [0.5, 0.6) is 0 Å². The van der Waals surface area contributed by atoms with Gasteiger partial charge in [-0.15, -0.1) is 0 Å². The molecule has 0 aliphatic heterocycles. The van der Waals surface area contributed by atoms with Crippen LogP contribution in [0.25, 0.3) is 11.0 Å². The first-order chi connectivity index (χ1) is 10.1. The average Bonchev–Trinajstić information content (AvgIpc) is 3.04. The molecule has 0 aliphatic carbocycles. The molecule has 3 aromatic rings. The zero-order valence-electron chi connectivity index (χ0n) is 12.0. The Morgan fingerprint density at radius 1 is 1.43 bits per heavy atom. The minimum Gasteiger partial charge on any atom is -0.469 e. The van der Waals surface area contributed by atoms with Gasteiger partial charge in [0.25, 0.3) is 0 Å². The highest BCUT2D eigenvalue weighted by atomic mass is 32.1. The summed E-state index contributed by atoms with van der Waals surface area (Å²) in [7, 11) is 0. The van der Waals surface area contributed by atoms with Crippen LogP contribution in [0.4, 0.5) is 4.39 Å². The maximum Gasteiger partial charge on any atom is 0.178 e. The van der Waals surface area contributed by atoms with Crippen LogP contribution in [0, 0.1) is 17.5 Å². The van der Waals surface area contributed by atoms with E-state index < -0.39 is 0 Å². The topological polar surface area (TPSA) is 33.9 Å². The average molecular weight is 304 g/mol. The molecule has 0 bridgehead atoms. The Hall–Kier alpha value is -1.88. The van der Waals surface area contributed by atoms with Gasteiger partial charge >= 0.3 is 0 Å². The summed E-state index contributed by atoms with van der Waals surface area (Å²) in [5.74, 6) is 0.754. The molecule has 0 fully saturated rings. The number of H-pyrrole nitrogens is 1. The first-order valence-electron chi connectivity index (χ1n) is 6.99. The van der Waals surface area contributed by atoms with E-state index in [1.54, 1.807) is 13.2 Å². The SMILES string of the molecule is Cc1cc2c(cc1F)[nH]c(=S)n2C(C)CCc1ccco1. The molecule has 2 aromatic heterocycles. The van der Waals surface area contributed by atoms with Gasteiger partial charge in [0.2, 0.25) is 0 Å². The van der Waals surface area contributed by atoms with Gasteiger partial charge in [-0.3, -0.25) is 0 Å². The fourth-order valence-electron chi connectivity index (χ4n) is 2.62. The number of nitrogens with zero attached hydrogens (tertiary/aromatic N) is 1. The summed E-state index contributed by atoms with van der Waals surface area (Å²) in [5, 5.41) is 0. The van der Waals surface area contributed by atoms with E-state index in [-0.39, 0.29) is 11.9 Å². The van der Waals surface area contributed by atoms with Gasteiger partial charge < -0.3 is 14.0 Å². The summed E-state index contributed by atoms with van der Waals surface area (Å²) in [6.07, 6.45) is 3.44. The number of halogens is 1. The van der Waals surface area contributed by atoms with E-state index in [4.69, 9.17) is 16.6 Å². The molecule has 110 valence electrons. The number of nitrogens with one attached hydrogen (secondary N) is 1. The molecule has 0 amide bonds. The van der Waals surface area contributed by atoms with Crippen molar-refractivity contribution in [1.82, 2.24) is 9.55 Å². The van der Waals surface area contributed by atoms with Crippen LogP contribution in [-0.2, 0) is 6.42 Å².